The summed E-state index contributed by atoms with van der Waals surface area (Å²) in [5.74, 6) is -2.61. The van der Waals surface area contributed by atoms with E-state index in [-0.39, 0.29) is 11.5 Å². The molecule has 0 fully saturated rings. The summed E-state index contributed by atoms with van der Waals surface area (Å²) in [4.78, 5) is 35.2. The predicted molar refractivity (Wildman–Crippen MR) is 78.5 cm³/mol. The Labute approximate surface area is 121 Å². The summed E-state index contributed by atoms with van der Waals surface area (Å²) < 4.78 is 2.98. The molecule has 0 bridgehead atoms. The Morgan fingerprint density at radius 1 is 1.05 bits per heavy atom. The molecule has 1 aromatic carbocycles. The van der Waals surface area contributed by atoms with Gasteiger partial charge in [-0.2, -0.15) is 0 Å². The van der Waals surface area contributed by atoms with Gasteiger partial charge in [0.1, 0.15) is 0 Å². The molecule has 0 aliphatic heterocycles. The van der Waals surface area contributed by atoms with E-state index in [9.17, 15) is 14.4 Å². The zero-order valence-electron chi connectivity index (χ0n) is 12.5. The Morgan fingerprint density at radius 3 is 2.19 bits per heavy atom. The van der Waals surface area contributed by atoms with E-state index in [0.29, 0.717) is 11.1 Å². The second-order valence-electron chi connectivity index (χ2n) is 5.38. The van der Waals surface area contributed by atoms with Crippen molar-refractivity contribution in [3.8, 4) is 0 Å². The van der Waals surface area contributed by atoms with Crippen LogP contribution < -0.4 is 5.69 Å². The number of rotatable bonds is 4. The van der Waals surface area contributed by atoms with Gasteiger partial charge >= 0.3 is 11.7 Å². The Morgan fingerprint density at radius 2 is 1.62 bits per heavy atom. The average molecular weight is 290 g/mol. The number of aliphatic carboxylic acids is 1. The Balaban J connectivity index is 2.48. The molecule has 2 rings (SSSR count). The van der Waals surface area contributed by atoms with Crippen LogP contribution in [0.15, 0.2) is 23.0 Å². The van der Waals surface area contributed by atoms with Crippen LogP contribution in [0.4, 0.5) is 0 Å². The minimum Gasteiger partial charge on any atom is -0.481 e. The molecule has 1 aromatic heterocycles. The maximum Gasteiger partial charge on any atom is 0.328 e. The van der Waals surface area contributed by atoms with Crippen LogP contribution in [0.3, 0.4) is 0 Å². The molecule has 2 atom stereocenters. The number of hydrogen-bond donors (Lipinski definition) is 1. The number of benzene rings is 1. The van der Waals surface area contributed by atoms with E-state index in [0.717, 1.165) is 5.52 Å². The highest BCUT2D eigenvalue weighted by molar-refractivity contribution is 6.01. The molecule has 6 nitrogen and oxygen atoms in total. The standard InChI is InChI=1S/C15H18N2O4/c1-8(9(2)14(19)20)13(18)10-5-6-11-12(7-10)17(4)15(21)16(11)3/h5-9H,1-4H3,(H,19,20). The number of imidazole rings is 1. The van der Waals surface area contributed by atoms with Gasteiger partial charge in [-0.25, -0.2) is 4.79 Å². The van der Waals surface area contributed by atoms with Gasteiger partial charge in [-0.3, -0.25) is 18.7 Å². The van der Waals surface area contributed by atoms with Crippen molar-refractivity contribution < 1.29 is 14.7 Å². The third kappa shape index (κ3) is 2.37. The number of hydrogen-bond acceptors (Lipinski definition) is 3. The second kappa shape index (κ2) is 5.20. The lowest BCUT2D eigenvalue weighted by molar-refractivity contribution is -0.142. The molecule has 0 saturated heterocycles. The van der Waals surface area contributed by atoms with Gasteiger partial charge in [0.25, 0.3) is 0 Å². The molecule has 0 radical (unpaired) electrons. The highest BCUT2D eigenvalue weighted by Crippen LogP contribution is 2.21. The minimum atomic E-state index is -0.996. The van der Waals surface area contributed by atoms with E-state index in [2.05, 4.69) is 0 Å². The minimum absolute atomic E-state index is 0.165. The van der Waals surface area contributed by atoms with Gasteiger partial charge in [0.2, 0.25) is 0 Å². The number of carboxylic acids is 1. The number of fused-ring (bicyclic) bond motifs is 1. The van der Waals surface area contributed by atoms with E-state index in [1.165, 1.54) is 16.1 Å². The third-order valence-corrected chi connectivity index (χ3v) is 4.11. The first-order valence-corrected chi connectivity index (χ1v) is 6.68. The van der Waals surface area contributed by atoms with Crippen molar-refractivity contribution in [2.45, 2.75) is 13.8 Å². The molecule has 0 aliphatic rings. The largest absolute Gasteiger partial charge is 0.481 e. The summed E-state index contributed by atoms with van der Waals surface area (Å²) in [6.45, 7) is 3.12. The molecule has 112 valence electrons. The van der Waals surface area contributed by atoms with Crippen LogP contribution in [0.5, 0.6) is 0 Å². The van der Waals surface area contributed by atoms with E-state index >= 15 is 0 Å². The number of aromatic nitrogens is 2. The van der Waals surface area contributed by atoms with Crippen molar-refractivity contribution in [1.29, 1.82) is 0 Å². The number of ketones is 1. The van der Waals surface area contributed by atoms with Crippen molar-refractivity contribution in [1.82, 2.24) is 9.13 Å². The van der Waals surface area contributed by atoms with Crippen LogP contribution in [0.25, 0.3) is 11.0 Å². The molecule has 0 aliphatic carbocycles. The van der Waals surface area contributed by atoms with Crippen LogP contribution >= 0.6 is 0 Å². The highest BCUT2D eigenvalue weighted by atomic mass is 16.4. The van der Waals surface area contributed by atoms with Gasteiger partial charge in [0, 0.05) is 25.6 Å². The number of nitrogens with zero attached hydrogens (tertiary/aromatic N) is 2. The molecule has 2 aromatic rings. The smallest absolute Gasteiger partial charge is 0.328 e. The maximum absolute atomic E-state index is 12.4. The number of carboxylic acid groups (broad SMARTS) is 1. The molecule has 2 unspecified atom stereocenters. The van der Waals surface area contributed by atoms with Gasteiger partial charge in [0.15, 0.2) is 5.78 Å². The molecule has 1 N–H and O–H groups in total. The molecule has 21 heavy (non-hydrogen) atoms. The summed E-state index contributed by atoms with van der Waals surface area (Å²) in [7, 11) is 3.31. The maximum atomic E-state index is 12.4. The van der Waals surface area contributed by atoms with Crippen LogP contribution in [0, 0.1) is 11.8 Å². The summed E-state index contributed by atoms with van der Waals surface area (Å²) in [6.07, 6.45) is 0. The number of aryl methyl sites for hydroxylation is 2. The van der Waals surface area contributed by atoms with Crippen LogP contribution in [0.2, 0.25) is 0 Å². The normalized spacial score (nSPS) is 14.1. The van der Waals surface area contributed by atoms with E-state index < -0.39 is 17.8 Å². The molecule has 6 heteroatoms. The van der Waals surface area contributed by atoms with Gasteiger partial charge in [-0.15, -0.1) is 0 Å². The van der Waals surface area contributed by atoms with Crippen molar-refractivity contribution in [3.05, 3.63) is 34.2 Å². The van der Waals surface area contributed by atoms with Crippen LogP contribution in [0.1, 0.15) is 24.2 Å². The van der Waals surface area contributed by atoms with Crippen molar-refractivity contribution in [2.75, 3.05) is 0 Å². The number of Topliss-reactive ketones (excluding diaryl/α,β-unsaturated/α-hetero) is 1. The number of carbonyl (C=O) groups is 2. The average Bonchev–Trinajstić information content (AvgIpc) is 2.69. The Bertz CT molecular complexity index is 785. The first kappa shape index (κ1) is 15.0. The fourth-order valence-electron chi connectivity index (χ4n) is 2.36. The number of carbonyl (C=O) groups excluding carboxylic acids is 1. The summed E-state index contributed by atoms with van der Waals surface area (Å²) in [5.41, 5.74) is 1.65. The molecule has 0 spiro atoms. The molecular weight excluding hydrogens is 272 g/mol. The Kier molecular flexibility index (Phi) is 3.72. The topological polar surface area (TPSA) is 81.3 Å². The lowest BCUT2D eigenvalue weighted by Crippen LogP contribution is -2.25. The van der Waals surface area contributed by atoms with Crippen molar-refractivity contribution >= 4 is 22.8 Å². The summed E-state index contributed by atoms with van der Waals surface area (Å²) in [6, 6.07) is 4.99. The van der Waals surface area contributed by atoms with Gasteiger partial charge in [-0.1, -0.05) is 13.8 Å². The molecule has 1 heterocycles. The van der Waals surface area contributed by atoms with Crippen molar-refractivity contribution in [2.24, 2.45) is 25.9 Å². The van der Waals surface area contributed by atoms with Crippen LogP contribution in [-0.4, -0.2) is 26.0 Å². The van der Waals surface area contributed by atoms with Gasteiger partial charge < -0.3 is 5.11 Å². The van der Waals surface area contributed by atoms with Gasteiger partial charge in [-0.05, 0) is 18.2 Å². The van der Waals surface area contributed by atoms with Crippen LogP contribution in [-0.2, 0) is 18.9 Å². The summed E-state index contributed by atoms with van der Waals surface area (Å²) in [5, 5.41) is 9.00. The van der Waals surface area contributed by atoms with Crippen molar-refractivity contribution in [3.63, 3.8) is 0 Å². The highest BCUT2D eigenvalue weighted by Gasteiger charge is 2.27. The monoisotopic (exact) mass is 290 g/mol. The molecular formula is C15H18N2O4. The van der Waals surface area contributed by atoms with Gasteiger partial charge in [0.05, 0.1) is 17.0 Å². The predicted octanol–water partition coefficient (Wildman–Crippen LogP) is 1.42. The first-order chi connectivity index (χ1) is 9.75. The van der Waals surface area contributed by atoms with E-state index in [1.54, 1.807) is 39.2 Å². The van der Waals surface area contributed by atoms with E-state index in [4.69, 9.17) is 5.11 Å². The molecule has 0 saturated carbocycles. The second-order valence-corrected chi connectivity index (χ2v) is 5.38. The Hall–Kier alpha value is -2.37. The lowest BCUT2D eigenvalue weighted by atomic mass is 9.88. The fourth-order valence-corrected chi connectivity index (χ4v) is 2.36. The van der Waals surface area contributed by atoms with E-state index in [1.807, 2.05) is 0 Å². The SMILES string of the molecule is CC(C(=O)O)C(C)C(=O)c1ccc2c(c1)n(C)c(=O)n2C. The zero-order chi connectivity index (χ0) is 15.9. The lowest BCUT2D eigenvalue weighted by Gasteiger charge is -2.14. The summed E-state index contributed by atoms with van der Waals surface area (Å²) >= 11 is 0. The quantitative estimate of drug-likeness (QED) is 0.863. The third-order valence-electron chi connectivity index (χ3n) is 4.11. The first-order valence-electron chi connectivity index (χ1n) is 6.68. The fraction of sp³-hybridized carbons (Fsp3) is 0.400. The molecule has 0 amide bonds. The zero-order valence-corrected chi connectivity index (χ0v) is 12.5.